The van der Waals surface area contributed by atoms with Gasteiger partial charge in [0, 0.05) is 6.54 Å². The smallest absolute Gasteiger partial charge is 0.322 e. The molecule has 0 radical (unpaired) electrons. The molecule has 29 heavy (non-hydrogen) atoms. The SMILES string of the molecule is CSc1nc2ccc(S(=O)(=O)N(Cc3ccccc3)[C@@H](C(=O)O)C(C)C)cc2s1. The summed E-state index contributed by atoms with van der Waals surface area (Å²) in [6.07, 6.45) is 1.91. The zero-order chi connectivity index (χ0) is 21.2. The molecule has 0 saturated heterocycles. The summed E-state index contributed by atoms with van der Waals surface area (Å²) < 4.78 is 29.8. The van der Waals surface area contributed by atoms with Crippen LogP contribution in [0.15, 0.2) is 57.8 Å². The molecule has 3 aromatic rings. The van der Waals surface area contributed by atoms with Crippen LogP contribution in [0.5, 0.6) is 0 Å². The Kier molecular flexibility index (Phi) is 6.62. The molecule has 154 valence electrons. The van der Waals surface area contributed by atoms with Gasteiger partial charge in [-0.15, -0.1) is 11.3 Å². The Morgan fingerprint density at radius 1 is 1.21 bits per heavy atom. The molecule has 3 rings (SSSR count). The summed E-state index contributed by atoms with van der Waals surface area (Å²) in [7, 11) is -4.05. The number of benzene rings is 2. The number of carbonyl (C=O) groups is 1. The quantitative estimate of drug-likeness (QED) is 0.514. The van der Waals surface area contributed by atoms with Crippen LogP contribution in [0.25, 0.3) is 10.2 Å². The number of sulfonamides is 1. The van der Waals surface area contributed by atoms with Gasteiger partial charge in [-0.05, 0) is 35.9 Å². The predicted octanol–water partition coefficient (Wildman–Crippen LogP) is 4.32. The van der Waals surface area contributed by atoms with Crippen LogP contribution in [-0.4, -0.2) is 41.1 Å². The summed E-state index contributed by atoms with van der Waals surface area (Å²) in [5, 5.41) is 9.79. The molecule has 0 unspecified atom stereocenters. The van der Waals surface area contributed by atoms with E-state index in [1.54, 1.807) is 50.2 Å². The lowest BCUT2D eigenvalue weighted by Crippen LogP contribution is -2.47. The van der Waals surface area contributed by atoms with E-state index in [-0.39, 0.29) is 11.4 Å². The molecule has 0 bridgehead atoms. The molecule has 0 aliphatic carbocycles. The van der Waals surface area contributed by atoms with Gasteiger partial charge in [0.25, 0.3) is 0 Å². The van der Waals surface area contributed by atoms with Crippen molar-refractivity contribution in [3.63, 3.8) is 0 Å². The number of hydrogen-bond acceptors (Lipinski definition) is 6. The molecule has 6 nitrogen and oxygen atoms in total. The standard InChI is InChI=1S/C20H22N2O4S3/c1-13(2)18(19(23)24)22(12-14-7-5-4-6-8-14)29(25,26)15-9-10-16-17(11-15)28-20(21-16)27-3/h4-11,13,18H,12H2,1-3H3,(H,23,24)/t18-/m1/s1. The second-order valence-electron chi connectivity index (χ2n) is 6.88. The molecule has 0 aliphatic heterocycles. The second-order valence-corrected chi connectivity index (χ2v) is 10.9. The minimum atomic E-state index is -4.05. The first-order chi connectivity index (χ1) is 13.7. The second kappa shape index (κ2) is 8.83. The third-order valence-corrected chi connectivity index (χ3v) is 8.32. The maximum atomic E-state index is 13.5. The Labute approximate surface area is 178 Å². The minimum absolute atomic E-state index is 0.0187. The third kappa shape index (κ3) is 4.63. The molecule has 1 N–H and O–H groups in total. The molecule has 0 fully saturated rings. The highest BCUT2D eigenvalue weighted by atomic mass is 32.2. The van der Waals surface area contributed by atoms with Crippen molar-refractivity contribution in [3.8, 4) is 0 Å². The van der Waals surface area contributed by atoms with Crippen LogP contribution >= 0.6 is 23.1 Å². The van der Waals surface area contributed by atoms with Gasteiger partial charge in [-0.25, -0.2) is 13.4 Å². The largest absolute Gasteiger partial charge is 0.480 e. The molecule has 1 atom stereocenters. The molecule has 1 heterocycles. The molecule has 0 spiro atoms. The van der Waals surface area contributed by atoms with Crippen molar-refractivity contribution >= 4 is 49.3 Å². The maximum Gasteiger partial charge on any atom is 0.322 e. The van der Waals surface area contributed by atoms with Crippen molar-refractivity contribution in [2.24, 2.45) is 5.92 Å². The number of carboxylic acids is 1. The van der Waals surface area contributed by atoms with Crippen LogP contribution in [0.3, 0.4) is 0 Å². The highest BCUT2D eigenvalue weighted by Crippen LogP contribution is 2.32. The molecule has 0 aliphatic rings. The van der Waals surface area contributed by atoms with Crippen molar-refractivity contribution in [3.05, 3.63) is 54.1 Å². The van der Waals surface area contributed by atoms with E-state index in [1.165, 1.54) is 29.2 Å². The van der Waals surface area contributed by atoms with Crippen molar-refractivity contribution in [1.29, 1.82) is 0 Å². The van der Waals surface area contributed by atoms with Crippen LogP contribution in [0.2, 0.25) is 0 Å². The maximum absolute atomic E-state index is 13.5. The van der Waals surface area contributed by atoms with Gasteiger partial charge in [-0.2, -0.15) is 4.31 Å². The van der Waals surface area contributed by atoms with Crippen LogP contribution in [0.1, 0.15) is 19.4 Å². The first kappa shape index (κ1) is 21.8. The fourth-order valence-electron chi connectivity index (χ4n) is 3.10. The van der Waals surface area contributed by atoms with Gasteiger partial charge in [0.15, 0.2) is 4.34 Å². The Bertz CT molecular complexity index is 1110. The van der Waals surface area contributed by atoms with Gasteiger partial charge in [0.05, 0.1) is 15.1 Å². The highest BCUT2D eigenvalue weighted by molar-refractivity contribution is 8.00. The van der Waals surface area contributed by atoms with E-state index in [0.29, 0.717) is 0 Å². The van der Waals surface area contributed by atoms with E-state index in [1.807, 2.05) is 12.3 Å². The van der Waals surface area contributed by atoms with Crippen molar-refractivity contribution in [2.45, 2.75) is 35.7 Å². The van der Waals surface area contributed by atoms with Gasteiger partial charge < -0.3 is 5.11 Å². The average Bonchev–Trinajstić information content (AvgIpc) is 3.10. The van der Waals surface area contributed by atoms with Gasteiger partial charge >= 0.3 is 5.97 Å². The average molecular weight is 451 g/mol. The number of thioether (sulfide) groups is 1. The first-order valence-electron chi connectivity index (χ1n) is 8.97. The topological polar surface area (TPSA) is 87.6 Å². The molecular formula is C20H22N2O4S3. The Balaban J connectivity index is 2.10. The number of nitrogens with zero attached hydrogens (tertiary/aromatic N) is 2. The van der Waals surface area contributed by atoms with Gasteiger partial charge in [-0.1, -0.05) is 55.9 Å². The van der Waals surface area contributed by atoms with Crippen molar-refractivity contribution < 1.29 is 18.3 Å². The fraction of sp³-hybridized carbons (Fsp3) is 0.300. The molecule has 2 aromatic carbocycles. The predicted molar refractivity (Wildman–Crippen MR) is 117 cm³/mol. The molecular weight excluding hydrogens is 428 g/mol. The van der Waals surface area contributed by atoms with Gasteiger partial charge in [-0.3, -0.25) is 4.79 Å². The van der Waals surface area contributed by atoms with Crippen LogP contribution < -0.4 is 0 Å². The number of hydrogen-bond donors (Lipinski definition) is 1. The van der Waals surface area contributed by atoms with E-state index in [4.69, 9.17) is 0 Å². The third-order valence-electron chi connectivity index (χ3n) is 4.50. The monoisotopic (exact) mass is 450 g/mol. The lowest BCUT2D eigenvalue weighted by molar-refractivity contribution is -0.143. The van der Waals surface area contributed by atoms with Crippen LogP contribution in [-0.2, 0) is 21.4 Å². The van der Waals surface area contributed by atoms with E-state index in [2.05, 4.69) is 4.98 Å². The summed E-state index contributed by atoms with van der Waals surface area (Å²) in [4.78, 5) is 16.5. The normalized spacial score (nSPS) is 13.3. The van der Waals surface area contributed by atoms with E-state index in [0.717, 1.165) is 24.4 Å². The highest BCUT2D eigenvalue weighted by Gasteiger charge is 2.38. The molecule has 0 saturated carbocycles. The van der Waals surface area contributed by atoms with Gasteiger partial charge in [0.2, 0.25) is 10.0 Å². The van der Waals surface area contributed by atoms with Crippen LogP contribution in [0, 0.1) is 5.92 Å². The Morgan fingerprint density at radius 3 is 2.48 bits per heavy atom. The zero-order valence-corrected chi connectivity index (χ0v) is 18.7. The Morgan fingerprint density at radius 2 is 1.90 bits per heavy atom. The number of carboxylic acid groups (broad SMARTS) is 1. The number of thiazole rings is 1. The number of fused-ring (bicyclic) bond motifs is 1. The lowest BCUT2D eigenvalue weighted by atomic mass is 10.0. The lowest BCUT2D eigenvalue weighted by Gasteiger charge is -2.30. The summed E-state index contributed by atoms with van der Waals surface area (Å²) >= 11 is 2.92. The zero-order valence-electron chi connectivity index (χ0n) is 16.3. The number of aliphatic carboxylic acids is 1. The number of aromatic nitrogens is 1. The van der Waals surface area contributed by atoms with E-state index >= 15 is 0 Å². The number of rotatable bonds is 8. The Hall–Kier alpha value is -1.94. The van der Waals surface area contributed by atoms with Crippen molar-refractivity contribution in [1.82, 2.24) is 9.29 Å². The molecule has 0 amide bonds. The van der Waals surface area contributed by atoms with E-state index in [9.17, 15) is 18.3 Å². The molecule has 1 aromatic heterocycles. The first-order valence-corrected chi connectivity index (χ1v) is 12.5. The van der Waals surface area contributed by atoms with Crippen molar-refractivity contribution in [2.75, 3.05) is 6.26 Å². The fourth-order valence-corrected chi connectivity index (χ4v) is 6.44. The summed E-state index contributed by atoms with van der Waals surface area (Å²) in [5.74, 6) is -1.57. The minimum Gasteiger partial charge on any atom is -0.480 e. The summed E-state index contributed by atoms with van der Waals surface area (Å²) in [5.41, 5.74) is 1.46. The van der Waals surface area contributed by atoms with E-state index < -0.39 is 28.0 Å². The molecule has 9 heteroatoms. The summed E-state index contributed by atoms with van der Waals surface area (Å²) in [6.45, 7) is 3.40. The van der Waals surface area contributed by atoms with Crippen LogP contribution in [0.4, 0.5) is 0 Å². The van der Waals surface area contributed by atoms with Gasteiger partial charge in [0.1, 0.15) is 6.04 Å². The summed E-state index contributed by atoms with van der Waals surface area (Å²) in [6, 6.07) is 12.6.